The Balaban J connectivity index is 1.08. The van der Waals surface area contributed by atoms with Crippen LogP contribution in [0.2, 0.25) is 0 Å². The van der Waals surface area contributed by atoms with Gasteiger partial charge in [0.15, 0.2) is 5.78 Å². The number of nitrogens with zero attached hydrogens (tertiary/aromatic N) is 1. The molecule has 8 fully saturated rings. The van der Waals surface area contributed by atoms with Crippen LogP contribution in [0.3, 0.4) is 0 Å². The Labute approximate surface area is 422 Å². The zero-order chi connectivity index (χ0) is 49.2. The summed E-state index contributed by atoms with van der Waals surface area (Å²) in [6.07, 6.45) is 14.4. The normalized spacial score (nSPS) is 48.2. The number of allylic oxidation sites excluding steroid dienone is 2. The molecule has 2 saturated heterocycles. The number of hydrogen-bond donors (Lipinski definition) is 7. The Hall–Kier alpha value is -1.94. The third-order valence-corrected chi connectivity index (χ3v) is 26.2. The van der Waals surface area contributed by atoms with Gasteiger partial charge in [-0.3, -0.25) is 9.59 Å². The van der Waals surface area contributed by atoms with Crippen molar-refractivity contribution in [2.45, 2.75) is 184 Å². The maximum Gasteiger partial charge on any atom is 0.234 e. The second-order valence-corrected chi connectivity index (χ2v) is 28.2. The van der Waals surface area contributed by atoms with Crippen molar-refractivity contribution in [2.24, 2.45) is 73.9 Å². The topological polar surface area (TPSA) is 192 Å². The van der Waals surface area contributed by atoms with E-state index in [2.05, 4.69) is 45.9 Å². The summed E-state index contributed by atoms with van der Waals surface area (Å²) in [6.45, 7) is 9.08. The number of ketones is 1. The lowest BCUT2D eigenvalue weighted by Gasteiger charge is -2.72. The molecule has 13 aliphatic rings. The van der Waals surface area contributed by atoms with E-state index in [-0.39, 0.29) is 60.2 Å². The van der Waals surface area contributed by atoms with Crippen molar-refractivity contribution in [3.63, 3.8) is 0 Å². The SMILES string of the molecule is CC(C)C(C)C1OC1C1(O)CC=CC2CC3C4=CC(=O)C5(CC(O)C(O)C6(CCCC6)C35C)C(O)SSCC3CCCC(CO)C35C(=O)N(CC53CCCC3)c3cc(O)cc(c3)CCC23C1CCC43O. The van der Waals surface area contributed by atoms with E-state index < -0.39 is 79.3 Å². The van der Waals surface area contributed by atoms with E-state index in [0.29, 0.717) is 80.8 Å². The van der Waals surface area contributed by atoms with E-state index in [1.54, 1.807) is 18.2 Å². The Morgan fingerprint density at radius 3 is 2.39 bits per heavy atom. The lowest BCUT2D eigenvalue weighted by atomic mass is 9.33. The van der Waals surface area contributed by atoms with Crippen LogP contribution in [0.25, 0.3) is 0 Å². The highest BCUT2D eigenvalue weighted by Crippen LogP contribution is 2.80. The number of fused-ring (bicyclic) bond motifs is 1. The molecule has 11 nitrogen and oxygen atoms in total. The zero-order valence-electron chi connectivity index (χ0n) is 41.9. The summed E-state index contributed by atoms with van der Waals surface area (Å²) < 4.78 is 6.57. The predicted octanol–water partition coefficient (Wildman–Crippen LogP) is 8.04. The van der Waals surface area contributed by atoms with Gasteiger partial charge >= 0.3 is 0 Å². The van der Waals surface area contributed by atoms with Crippen molar-refractivity contribution < 1.29 is 50.1 Å². The number of aryl methyl sites for hydroxylation is 1. The molecule has 8 bridgehead atoms. The summed E-state index contributed by atoms with van der Waals surface area (Å²) in [5, 5.41) is 89.0. The highest BCUT2D eigenvalue weighted by molar-refractivity contribution is 8.76. The van der Waals surface area contributed by atoms with Crippen molar-refractivity contribution in [3.8, 4) is 5.75 Å². The fourth-order valence-electron chi connectivity index (χ4n) is 20.2. The average Bonchev–Trinajstić information content (AvgIpc) is 3.56. The fourth-order valence-corrected chi connectivity index (χ4v) is 23.3. The number of aliphatic hydroxyl groups is 6. The molecule has 5 heterocycles. The van der Waals surface area contributed by atoms with Gasteiger partial charge in [0.25, 0.3) is 0 Å². The highest BCUT2D eigenvalue weighted by atomic mass is 33.1. The molecule has 0 radical (unpaired) electrons. The van der Waals surface area contributed by atoms with Crippen LogP contribution in [-0.4, -0.2) is 107 Å². The van der Waals surface area contributed by atoms with Gasteiger partial charge in [0.1, 0.15) is 22.9 Å². The number of anilines is 1. The third-order valence-electron chi connectivity index (χ3n) is 23.6. The molecule has 17 atom stereocenters. The fraction of sp³-hybridized carbons (Fsp3) is 0.789. The second kappa shape index (κ2) is 16.5. The molecule has 14 rings (SSSR count). The average molecular weight is 1000 g/mol. The molecule has 1 aromatic rings. The first kappa shape index (κ1) is 49.0. The number of ether oxygens (including phenoxy) is 1. The number of aliphatic hydroxyl groups excluding tert-OH is 4. The van der Waals surface area contributed by atoms with E-state index in [1.165, 1.54) is 21.6 Å². The van der Waals surface area contributed by atoms with Gasteiger partial charge in [-0.05, 0) is 154 Å². The largest absolute Gasteiger partial charge is 0.508 e. The first-order chi connectivity index (χ1) is 33.4. The smallest absolute Gasteiger partial charge is 0.234 e. The van der Waals surface area contributed by atoms with Crippen LogP contribution in [0.15, 0.2) is 42.0 Å². The molecule has 13 heteroatoms. The number of epoxide rings is 1. The first-order valence-electron chi connectivity index (χ1n) is 27.5. The van der Waals surface area contributed by atoms with Crippen LogP contribution in [0, 0.1) is 73.9 Å². The number of rotatable bonds is 4. The quantitative estimate of drug-likeness (QED) is 0.0875. The minimum Gasteiger partial charge on any atom is -0.508 e. The molecule has 0 aromatic heterocycles. The molecule has 6 saturated carbocycles. The number of benzene rings is 1. The monoisotopic (exact) mass is 1000 g/mol. The molecule has 384 valence electrons. The first-order valence-corrected chi connectivity index (χ1v) is 29.9. The summed E-state index contributed by atoms with van der Waals surface area (Å²) in [5.74, 6) is -0.724. The molecule has 1 aromatic carbocycles. The van der Waals surface area contributed by atoms with Crippen LogP contribution in [-0.2, 0) is 20.7 Å². The Morgan fingerprint density at radius 2 is 1.66 bits per heavy atom. The molecule has 1 amide bonds. The maximum atomic E-state index is 16.1. The predicted molar refractivity (Wildman–Crippen MR) is 270 cm³/mol. The van der Waals surface area contributed by atoms with Crippen LogP contribution in [0.1, 0.15) is 142 Å². The Morgan fingerprint density at radius 1 is 0.914 bits per heavy atom. The number of phenols is 1. The Kier molecular flexibility index (Phi) is 11.6. The number of hydrogen-bond acceptors (Lipinski definition) is 12. The minimum atomic E-state index is -1.58. The van der Waals surface area contributed by atoms with Crippen molar-refractivity contribution in [2.75, 3.05) is 23.8 Å². The van der Waals surface area contributed by atoms with Gasteiger partial charge in [-0.15, -0.1) is 0 Å². The number of carbonyl (C=O) groups is 2. The van der Waals surface area contributed by atoms with Crippen LogP contribution in [0.5, 0.6) is 5.75 Å². The molecule has 17 unspecified atom stereocenters. The van der Waals surface area contributed by atoms with Gasteiger partial charge in [-0.1, -0.05) is 93.5 Å². The van der Waals surface area contributed by atoms with Crippen LogP contribution >= 0.6 is 21.6 Å². The molecular formula is C57H79NO10S2. The van der Waals surface area contributed by atoms with Crippen molar-refractivity contribution in [1.82, 2.24) is 0 Å². The molecule has 8 aliphatic carbocycles. The van der Waals surface area contributed by atoms with Gasteiger partial charge in [0.2, 0.25) is 5.91 Å². The van der Waals surface area contributed by atoms with Crippen LogP contribution < -0.4 is 4.90 Å². The molecule has 70 heavy (non-hydrogen) atoms. The maximum absolute atomic E-state index is 16.1. The van der Waals surface area contributed by atoms with E-state index in [4.69, 9.17) is 4.74 Å². The van der Waals surface area contributed by atoms with E-state index in [9.17, 15) is 35.7 Å². The summed E-state index contributed by atoms with van der Waals surface area (Å²) >= 11 is 0. The lowest BCUT2D eigenvalue weighted by Crippen LogP contribution is -2.75. The van der Waals surface area contributed by atoms with Crippen molar-refractivity contribution >= 4 is 39.0 Å². The van der Waals surface area contributed by atoms with Gasteiger partial charge < -0.3 is 45.4 Å². The molecule has 7 N–H and O–H groups in total. The summed E-state index contributed by atoms with van der Waals surface area (Å²) in [6, 6.07) is 5.56. The second-order valence-electron chi connectivity index (χ2n) is 25.7. The summed E-state index contributed by atoms with van der Waals surface area (Å²) in [4.78, 5) is 33.9. The minimum absolute atomic E-state index is 0.00976. The molecule has 5 spiro atoms. The van der Waals surface area contributed by atoms with Gasteiger partial charge in [-0.2, -0.15) is 0 Å². The van der Waals surface area contributed by atoms with Crippen molar-refractivity contribution in [1.29, 1.82) is 0 Å². The van der Waals surface area contributed by atoms with E-state index in [1.807, 2.05) is 4.90 Å². The summed E-state index contributed by atoms with van der Waals surface area (Å²) in [7, 11) is 2.78. The van der Waals surface area contributed by atoms with Crippen molar-refractivity contribution in [3.05, 3.63) is 47.6 Å². The number of aromatic hydroxyl groups is 1. The Bertz CT molecular complexity index is 2360. The summed E-state index contributed by atoms with van der Waals surface area (Å²) in [5.41, 5.74) is -7.86. The van der Waals surface area contributed by atoms with Gasteiger partial charge in [0, 0.05) is 52.8 Å². The zero-order valence-corrected chi connectivity index (χ0v) is 43.5. The van der Waals surface area contributed by atoms with Crippen LogP contribution in [0.4, 0.5) is 5.69 Å². The van der Waals surface area contributed by atoms with E-state index in [0.717, 1.165) is 63.4 Å². The third kappa shape index (κ3) is 5.93. The lowest BCUT2D eigenvalue weighted by molar-refractivity contribution is -0.262. The number of phenolic OH excluding ortho intramolecular Hbond substituents is 1. The van der Waals surface area contributed by atoms with Gasteiger partial charge in [0.05, 0.1) is 34.7 Å². The van der Waals surface area contributed by atoms with E-state index >= 15 is 9.59 Å². The number of amides is 1. The number of carbonyl (C=O) groups excluding carboxylic acids is 2. The molecular weight excluding hydrogens is 923 g/mol. The standard InChI is InChI=1S/C57H79NO10S2/c1-32(2)33(3)45-47(68-45)55(66)20-10-13-35-25-40-41-27-44(62)54(28-42(61)46(63)52(50(40,54)4)18-7-8-19-52)49(65)70-69-30-37-12-9-11-36(29-59)57(37)48(64)58(31-51(57)16-5-6-17-51)38-23-34(24-39(60)26-38)14-21-53(35)43(55)15-22-56(41,53)67/h10,13,23-24,26-27,32-33,35-37,40,42-43,45-47,49,59-61,63,65-67H,5-9,11-12,14-22,25,28-31H2,1-4H3. The van der Waals surface area contributed by atoms with Gasteiger partial charge in [-0.25, -0.2) is 0 Å². The highest BCUT2D eigenvalue weighted by Gasteiger charge is 2.82. The molecule has 5 aliphatic heterocycles.